The second-order valence-corrected chi connectivity index (χ2v) is 6.81. The van der Waals surface area contributed by atoms with Crippen LogP contribution in [0.2, 0.25) is 0 Å². The predicted octanol–water partition coefficient (Wildman–Crippen LogP) is 3.22. The molecule has 1 aliphatic rings. The molecule has 0 unspecified atom stereocenters. The Morgan fingerprint density at radius 2 is 2.32 bits per heavy atom. The molecule has 2 N–H and O–H groups in total. The Bertz CT molecular complexity index is 669. The molecule has 0 spiro atoms. The van der Waals surface area contributed by atoms with Crippen LogP contribution in [0.3, 0.4) is 0 Å². The number of rotatable bonds is 4. The topological polar surface area (TPSA) is 67.0 Å². The third-order valence-corrected chi connectivity index (χ3v) is 4.63. The van der Waals surface area contributed by atoms with Gasteiger partial charge in [0.1, 0.15) is 11.6 Å². The number of nitrogens with one attached hydrogen (secondary N) is 2. The van der Waals surface area contributed by atoms with Gasteiger partial charge in [0.05, 0.1) is 23.8 Å². The summed E-state index contributed by atoms with van der Waals surface area (Å²) in [5, 5.41) is 9.82. The van der Waals surface area contributed by atoms with Crippen molar-refractivity contribution in [1.29, 1.82) is 0 Å². The van der Waals surface area contributed by atoms with Gasteiger partial charge in [0.25, 0.3) is 0 Å². The van der Waals surface area contributed by atoms with Gasteiger partial charge in [-0.1, -0.05) is 26.0 Å². The lowest BCUT2D eigenvalue weighted by Gasteiger charge is -2.15. The number of thioether (sulfide) groups is 1. The number of benzene rings is 1. The van der Waals surface area contributed by atoms with Gasteiger partial charge in [-0.05, 0) is 23.6 Å². The van der Waals surface area contributed by atoms with Crippen molar-refractivity contribution in [3.63, 3.8) is 0 Å². The van der Waals surface area contributed by atoms with Crippen molar-refractivity contribution in [2.24, 2.45) is 5.92 Å². The molecule has 0 radical (unpaired) electrons. The first-order valence-corrected chi connectivity index (χ1v) is 8.36. The van der Waals surface area contributed by atoms with Crippen LogP contribution >= 0.6 is 11.8 Å². The molecule has 1 amide bonds. The van der Waals surface area contributed by atoms with Crippen LogP contribution in [0.1, 0.15) is 30.2 Å². The molecule has 0 aliphatic carbocycles. The van der Waals surface area contributed by atoms with E-state index in [9.17, 15) is 4.79 Å². The Kier molecular flexibility index (Phi) is 4.38. The van der Waals surface area contributed by atoms with E-state index < -0.39 is 0 Å². The van der Waals surface area contributed by atoms with Crippen molar-refractivity contribution < 1.29 is 9.53 Å². The molecule has 1 aromatic heterocycles. The number of anilines is 1. The van der Waals surface area contributed by atoms with E-state index in [1.807, 2.05) is 18.2 Å². The molecular weight excluding hydrogens is 298 g/mol. The molecule has 5 nitrogen and oxygen atoms in total. The molecule has 0 fully saturated rings. The molecule has 6 heteroatoms. The SMILES string of the molecule is CC(C)COc1cccc([C@@H]2SCC(=O)Nc3[nH]ncc32)c1. The first kappa shape index (κ1) is 15.0. The van der Waals surface area contributed by atoms with Gasteiger partial charge in [-0.2, -0.15) is 5.10 Å². The quantitative estimate of drug-likeness (QED) is 0.908. The summed E-state index contributed by atoms with van der Waals surface area (Å²) in [5.41, 5.74) is 2.11. The van der Waals surface area contributed by atoms with Gasteiger partial charge in [0.15, 0.2) is 0 Å². The van der Waals surface area contributed by atoms with Gasteiger partial charge < -0.3 is 10.1 Å². The number of amides is 1. The van der Waals surface area contributed by atoms with E-state index in [-0.39, 0.29) is 11.2 Å². The van der Waals surface area contributed by atoms with Gasteiger partial charge in [0, 0.05) is 5.56 Å². The first-order chi connectivity index (χ1) is 10.6. The van der Waals surface area contributed by atoms with Gasteiger partial charge in [-0.15, -0.1) is 11.8 Å². The van der Waals surface area contributed by atoms with Crippen LogP contribution in [0.25, 0.3) is 0 Å². The fourth-order valence-electron chi connectivity index (χ4n) is 2.32. The summed E-state index contributed by atoms with van der Waals surface area (Å²) in [4.78, 5) is 11.8. The van der Waals surface area contributed by atoms with Crippen molar-refractivity contribution in [1.82, 2.24) is 10.2 Å². The van der Waals surface area contributed by atoms with Crippen molar-refractivity contribution in [3.8, 4) is 5.75 Å². The number of fused-ring (bicyclic) bond motifs is 1. The molecule has 22 heavy (non-hydrogen) atoms. The summed E-state index contributed by atoms with van der Waals surface area (Å²) in [6.07, 6.45) is 1.78. The number of nitrogens with zero attached hydrogens (tertiary/aromatic N) is 1. The van der Waals surface area contributed by atoms with Gasteiger partial charge in [-0.3, -0.25) is 9.89 Å². The van der Waals surface area contributed by atoms with Crippen LogP contribution in [0.5, 0.6) is 5.75 Å². The number of aromatic nitrogens is 2. The second-order valence-electron chi connectivity index (χ2n) is 5.72. The highest BCUT2D eigenvalue weighted by molar-refractivity contribution is 8.00. The Balaban J connectivity index is 1.88. The molecule has 0 saturated heterocycles. The van der Waals surface area contributed by atoms with E-state index in [0.29, 0.717) is 24.1 Å². The molecule has 2 heterocycles. The summed E-state index contributed by atoms with van der Waals surface area (Å²) in [6, 6.07) is 8.07. The average molecular weight is 317 g/mol. The third-order valence-electron chi connectivity index (χ3n) is 3.34. The van der Waals surface area contributed by atoms with Crippen LogP contribution in [-0.2, 0) is 4.79 Å². The van der Waals surface area contributed by atoms with Crippen molar-refractivity contribution in [3.05, 3.63) is 41.6 Å². The van der Waals surface area contributed by atoms with Crippen molar-refractivity contribution >= 4 is 23.5 Å². The van der Waals surface area contributed by atoms with Gasteiger partial charge in [0.2, 0.25) is 5.91 Å². The largest absolute Gasteiger partial charge is 0.493 e. The maximum atomic E-state index is 11.8. The summed E-state index contributed by atoms with van der Waals surface area (Å²) >= 11 is 1.60. The standard InChI is InChI=1S/C16H19N3O2S/c1-10(2)8-21-12-5-3-4-11(6-12)15-13-7-17-19-16(13)18-14(20)9-22-15/h3-7,10,15H,8-9H2,1-2H3,(H2,17,18,19,20)/t15-/m0/s1. The third kappa shape index (κ3) is 3.27. The Hall–Kier alpha value is -1.95. The minimum absolute atomic E-state index is 0.00906. The highest BCUT2D eigenvalue weighted by atomic mass is 32.2. The van der Waals surface area contributed by atoms with Crippen molar-refractivity contribution in [2.75, 3.05) is 17.7 Å². The Morgan fingerprint density at radius 3 is 3.14 bits per heavy atom. The minimum Gasteiger partial charge on any atom is -0.493 e. The van der Waals surface area contributed by atoms with Crippen LogP contribution in [-0.4, -0.2) is 28.5 Å². The highest BCUT2D eigenvalue weighted by Gasteiger charge is 2.25. The monoisotopic (exact) mass is 317 g/mol. The summed E-state index contributed by atoms with van der Waals surface area (Å²) in [6.45, 7) is 4.94. The van der Waals surface area contributed by atoms with Gasteiger partial charge >= 0.3 is 0 Å². The summed E-state index contributed by atoms with van der Waals surface area (Å²) in [5.74, 6) is 2.45. The zero-order chi connectivity index (χ0) is 15.5. The zero-order valence-corrected chi connectivity index (χ0v) is 13.4. The molecule has 0 bridgehead atoms. The van der Waals surface area contributed by atoms with E-state index in [2.05, 4.69) is 35.4 Å². The fourth-order valence-corrected chi connectivity index (χ4v) is 3.41. The Morgan fingerprint density at radius 1 is 1.45 bits per heavy atom. The fraction of sp³-hybridized carbons (Fsp3) is 0.375. The molecule has 1 aromatic carbocycles. The molecule has 3 rings (SSSR count). The Labute approximate surface area is 133 Å². The molecule has 1 atom stereocenters. The van der Waals surface area contributed by atoms with Gasteiger partial charge in [-0.25, -0.2) is 0 Å². The van der Waals surface area contributed by atoms with E-state index in [4.69, 9.17) is 4.74 Å². The first-order valence-electron chi connectivity index (χ1n) is 7.31. The summed E-state index contributed by atoms with van der Waals surface area (Å²) < 4.78 is 5.81. The molecule has 1 aliphatic heterocycles. The predicted molar refractivity (Wildman–Crippen MR) is 88.3 cm³/mol. The number of carbonyl (C=O) groups is 1. The maximum Gasteiger partial charge on any atom is 0.235 e. The van der Waals surface area contributed by atoms with Crippen LogP contribution < -0.4 is 10.1 Å². The minimum atomic E-state index is -0.00906. The van der Waals surface area contributed by atoms with E-state index in [1.165, 1.54) is 0 Å². The van der Waals surface area contributed by atoms with Crippen LogP contribution in [0.4, 0.5) is 5.82 Å². The lowest BCUT2D eigenvalue weighted by Crippen LogP contribution is -2.12. The lowest BCUT2D eigenvalue weighted by atomic mass is 10.1. The summed E-state index contributed by atoms with van der Waals surface area (Å²) in [7, 11) is 0. The molecule has 0 saturated carbocycles. The van der Waals surface area contributed by atoms with E-state index in [1.54, 1.807) is 18.0 Å². The highest BCUT2D eigenvalue weighted by Crippen LogP contribution is 2.41. The number of ether oxygens (including phenoxy) is 1. The van der Waals surface area contributed by atoms with E-state index in [0.717, 1.165) is 16.9 Å². The molecular formula is C16H19N3O2S. The normalized spacial score (nSPS) is 17.8. The number of hydrogen-bond donors (Lipinski definition) is 2. The van der Waals surface area contributed by atoms with E-state index >= 15 is 0 Å². The molecule has 2 aromatic rings. The second kappa shape index (κ2) is 6.44. The maximum absolute atomic E-state index is 11.8. The molecule has 116 valence electrons. The number of hydrogen-bond acceptors (Lipinski definition) is 4. The zero-order valence-electron chi connectivity index (χ0n) is 12.6. The average Bonchev–Trinajstić information content (AvgIpc) is 2.88. The van der Waals surface area contributed by atoms with Crippen LogP contribution in [0, 0.1) is 5.92 Å². The lowest BCUT2D eigenvalue weighted by molar-refractivity contribution is -0.113. The number of carbonyl (C=O) groups excluding carboxylic acids is 1. The number of aromatic amines is 1. The number of H-pyrrole nitrogens is 1. The van der Waals surface area contributed by atoms with Crippen molar-refractivity contribution in [2.45, 2.75) is 19.1 Å². The smallest absolute Gasteiger partial charge is 0.235 e. The van der Waals surface area contributed by atoms with Crippen LogP contribution in [0.15, 0.2) is 30.5 Å².